The van der Waals surface area contributed by atoms with Crippen molar-refractivity contribution in [2.24, 2.45) is 5.73 Å². The predicted octanol–water partition coefficient (Wildman–Crippen LogP) is 2.56. The van der Waals surface area contributed by atoms with Crippen LogP contribution in [0.15, 0.2) is 18.2 Å². The molecule has 2 N–H and O–H groups in total. The van der Waals surface area contributed by atoms with Gasteiger partial charge in [0.1, 0.15) is 11.6 Å². The van der Waals surface area contributed by atoms with E-state index >= 15 is 0 Å². The summed E-state index contributed by atoms with van der Waals surface area (Å²) in [5.74, 6) is -0.789. The minimum atomic E-state index is -0.520. The highest BCUT2D eigenvalue weighted by Gasteiger charge is 2.25. The summed E-state index contributed by atoms with van der Waals surface area (Å²) in [7, 11) is 0. The lowest BCUT2D eigenvalue weighted by Crippen LogP contribution is -2.14. The highest BCUT2D eigenvalue weighted by Crippen LogP contribution is 2.34. The molecule has 1 aliphatic rings. The minimum Gasteiger partial charge on any atom is -0.328 e. The van der Waals surface area contributed by atoms with Crippen molar-refractivity contribution < 1.29 is 8.78 Å². The summed E-state index contributed by atoms with van der Waals surface area (Å²) < 4.78 is 26.0. The van der Waals surface area contributed by atoms with E-state index in [4.69, 9.17) is 5.73 Å². The fourth-order valence-corrected chi connectivity index (χ4v) is 2.13. The molecule has 1 saturated carbocycles. The molecule has 76 valence electrons. The smallest absolute Gasteiger partial charge is 0.129 e. The highest BCUT2D eigenvalue weighted by atomic mass is 19.1. The molecule has 14 heavy (non-hydrogen) atoms. The molecule has 0 aliphatic heterocycles. The Bertz CT molecular complexity index is 338. The van der Waals surface area contributed by atoms with Gasteiger partial charge in [-0.25, -0.2) is 8.78 Å². The number of halogens is 2. The first-order valence-corrected chi connectivity index (χ1v) is 4.87. The monoisotopic (exact) mass is 197 g/mol. The van der Waals surface area contributed by atoms with Gasteiger partial charge in [0, 0.05) is 12.1 Å². The standard InChI is InChI=1S/C11H13F2N/c12-8-2-4-10(11(13)6-8)7-1-3-9(14)5-7/h2,4,6-7,9H,1,3,5,14H2. The van der Waals surface area contributed by atoms with Crippen LogP contribution in [0, 0.1) is 11.6 Å². The summed E-state index contributed by atoms with van der Waals surface area (Å²) in [5, 5.41) is 0. The van der Waals surface area contributed by atoms with E-state index in [1.165, 1.54) is 12.1 Å². The number of benzene rings is 1. The maximum absolute atomic E-state index is 13.3. The van der Waals surface area contributed by atoms with Gasteiger partial charge in [0.15, 0.2) is 0 Å². The van der Waals surface area contributed by atoms with E-state index in [1.54, 1.807) is 0 Å². The van der Waals surface area contributed by atoms with Gasteiger partial charge in [0.05, 0.1) is 0 Å². The maximum Gasteiger partial charge on any atom is 0.129 e. The average Bonchev–Trinajstić information content (AvgIpc) is 2.51. The van der Waals surface area contributed by atoms with Crippen molar-refractivity contribution in [2.75, 3.05) is 0 Å². The quantitative estimate of drug-likeness (QED) is 0.735. The largest absolute Gasteiger partial charge is 0.328 e. The summed E-state index contributed by atoms with van der Waals surface area (Å²) in [6.45, 7) is 0. The second-order valence-corrected chi connectivity index (χ2v) is 3.94. The Balaban J connectivity index is 2.24. The molecule has 0 aromatic heterocycles. The first-order chi connectivity index (χ1) is 6.66. The fourth-order valence-electron chi connectivity index (χ4n) is 2.13. The van der Waals surface area contributed by atoms with Crippen LogP contribution < -0.4 is 5.73 Å². The van der Waals surface area contributed by atoms with Gasteiger partial charge in [0.2, 0.25) is 0 Å². The van der Waals surface area contributed by atoms with Gasteiger partial charge in [-0.2, -0.15) is 0 Å². The molecule has 3 heteroatoms. The Hall–Kier alpha value is -0.960. The van der Waals surface area contributed by atoms with Gasteiger partial charge in [-0.1, -0.05) is 6.07 Å². The van der Waals surface area contributed by atoms with E-state index in [-0.39, 0.29) is 12.0 Å². The van der Waals surface area contributed by atoms with E-state index in [0.717, 1.165) is 25.3 Å². The predicted molar refractivity (Wildman–Crippen MR) is 50.9 cm³/mol. The first-order valence-electron chi connectivity index (χ1n) is 4.87. The van der Waals surface area contributed by atoms with Crippen LogP contribution in [0.5, 0.6) is 0 Å². The minimum absolute atomic E-state index is 0.171. The van der Waals surface area contributed by atoms with Crippen LogP contribution in [0.3, 0.4) is 0 Å². The number of rotatable bonds is 1. The van der Waals surface area contributed by atoms with Gasteiger partial charge in [0.25, 0.3) is 0 Å². The van der Waals surface area contributed by atoms with Crippen molar-refractivity contribution in [3.63, 3.8) is 0 Å². The Morgan fingerprint density at radius 1 is 1.21 bits per heavy atom. The van der Waals surface area contributed by atoms with Crippen molar-refractivity contribution in [3.05, 3.63) is 35.4 Å². The molecule has 1 fully saturated rings. The first kappa shape index (κ1) is 9.59. The van der Waals surface area contributed by atoms with Crippen LogP contribution in [-0.2, 0) is 0 Å². The van der Waals surface area contributed by atoms with Crippen molar-refractivity contribution in [1.29, 1.82) is 0 Å². The molecule has 0 radical (unpaired) electrons. The Morgan fingerprint density at radius 2 is 2.00 bits per heavy atom. The Kier molecular flexibility index (Phi) is 2.50. The Morgan fingerprint density at radius 3 is 2.57 bits per heavy atom. The molecule has 0 heterocycles. The average molecular weight is 197 g/mol. The third-order valence-electron chi connectivity index (χ3n) is 2.88. The lowest BCUT2D eigenvalue weighted by atomic mass is 9.97. The third kappa shape index (κ3) is 1.77. The molecule has 1 aliphatic carbocycles. The van der Waals surface area contributed by atoms with Crippen LogP contribution in [0.4, 0.5) is 8.78 Å². The topological polar surface area (TPSA) is 26.0 Å². The van der Waals surface area contributed by atoms with Gasteiger partial charge in [-0.05, 0) is 36.8 Å². The summed E-state index contributed by atoms with van der Waals surface area (Å²) in [6, 6.07) is 3.96. The molecule has 0 bridgehead atoms. The SMILES string of the molecule is NC1CCC(c2ccc(F)cc2F)C1. The summed E-state index contributed by atoms with van der Waals surface area (Å²) >= 11 is 0. The molecule has 2 atom stereocenters. The molecular formula is C11H13F2N. The van der Waals surface area contributed by atoms with E-state index in [0.29, 0.717) is 5.56 Å². The van der Waals surface area contributed by atoms with Gasteiger partial charge in [-0.15, -0.1) is 0 Å². The van der Waals surface area contributed by atoms with Crippen molar-refractivity contribution in [2.45, 2.75) is 31.2 Å². The molecule has 2 unspecified atom stereocenters. The molecule has 2 rings (SSSR count). The molecule has 0 saturated heterocycles. The van der Waals surface area contributed by atoms with Crippen LogP contribution in [0.2, 0.25) is 0 Å². The second-order valence-electron chi connectivity index (χ2n) is 3.94. The van der Waals surface area contributed by atoms with E-state index < -0.39 is 11.6 Å². The molecule has 1 aromatic rings. The van der Waals surface area contributed by atoms with Gasteiger partial charge >= 0.3 is 0 Å². The molecule has 1 aromatic carbocycles. The normalized spacial score (nSPS) is 26.8. The lowest BCUT2D eigenvalue weighted by molar-refractivity contribution is 0.552. The summed E-state index contributed by atoms with van der Waals surface area (Å²) in [6.07, 6.45) is 2.65. The van der Waals surface area contributed by atoms with E-state index in [1.807, 2.05) is 0 Å². The zero-order valence-electron chi connectivity index (χ0n) is 7.84. The van der Waals surface area contributed by atoms with Gasteiger partial charge in [-0.3, -0.25) is 0 Å². The molecular weight excluding hydrogens is 184 g/mol. The van der Waals surface area contributed by atoms with E-state index in [9.17, 15) is 8.78 Å². The summed E-state index contributed by atoms with van der Waals surface area (Å²) in [5.41, 5.74) is 6.36. The summed E-state index contributed by atoms with van der Waals surface area (Å²) in [4.78, 5) is 0. The highest BCUT2D eigenvalue weighted by molar-refractivity contribution is 5.23. The van der Waals surface area contributed by atoms with Crippen LogP contribution in [-0.4, -0.2) is 6.04 Å². The second kappa shape index (κ2) is 3.65. The zero-order chi connectivity index (χ0) is 10.1. The number of nitrogens with two attached hydrogens (primary N) is 1. The number of hydrogen-bond donors (Lipinski definition) is 1. The Labute approximate surface area is 81.9 Å². The zero-order valence-corrected chi connectivity index (χ0v) is 7.84. The van der Waals surface area contributed by atoms with E-state index in [2.05, 4.69) is 0 Å². The van der Waals surface area contributed by atoms with Crippen LogP contribution in [0.25, 0.3) is 0 Å². The fraction of sp³-hybridized carbons (Fsp3) is 0.455. The molecule has 1 nitrogen and oxygen atoms in total. The van der Waals surface area contributed by atoms with Crippen molar-refractivity contribution in [3.8, 4) is 0 Å². The molecule has 0 amide bonds. The van der Waals surface area contributed by atoms with Crippen LogP contribution >= 0.6 is 0 Å². The number of hydrogen-bond acceptors (Lipinski definition) is 1. The lowest BCUT2D eigenvalue weighted by Gasteiger charge is -2.10. The van der Waals surface area contributed by atoms with Crippen molar-refractivity contribution in [1.82, 2.24) is 0 Å². The van der Waals surface area contributed by atoms with Gasteiger partial charge < -0.3 is 5.73 Å². The molecule has 0 spiro atoms. The third-order valence-corrected chi connectivity index (χ3v) is 2.88. The van der Waals surface area contributed by atoms with Crippen molar-refractivity contribution >= 4 is 0 Å². The maximum atomic E-state index is 13.3. The van der Waals surface area contributed by atoms with Crippen LogP contribution in [0.1, 0.15) is 30.7 Å².